The van der Waals surface area contributed by atoms with Crippen LogP contribution in [0.3, 0.4) is 0 Å². The maximum atomic E-state index is 6.03. The van der Waals surface area contributed by atoms with Gasteiger partial charge in [-0.05, 0) is 43.2 Å². The summed E-state index contributed by atoms with van der Waals surface area (Å²) < 4.78 is 11.0. The quantitative estimate of drug-likeness (QED) is 0.333. The van der Waals surface area contributed by atoms with Gasteiger partial charge in [0.25, 0.3) is 0 Å². The number of aromatic nitrogens is 5. The minimum absolute atomic E-state index is 0.353. The highest BCUT2D eigenvalue weighted by molar-refractivity contribution is 5.83. The summed E-state index contributed by atoms with van der Waals surface area (Å²) in [7, 11) is 3.25. The number of hydrogen-bond acceptors (Lipinski definition) is 8. The summed E-state index contributed by atoms with van der Waals surface area (Å²) >= 11 is 0. The molecule has 0 bridgehead atoms. The molecule has 9 nitrogen and oxygen atoms in total. The van der Waals surface area contributed by atoms with Crippen LogP contribution in [0.15, 0.2) is 67.1 Å². The lowest BCUT2D eigenvalue weighted by Crippen LogP contribution is -2.17. The Morgan fingerprint density at radius 3 is 2.49 bits per heavy atom. The van der Waals surface area contributed by atoms with Gasteiger partial charge in [0, 0.05) is 47.5 Å². The molecule has 37 heavy (non-hydrogen) atoms. The number of aryl methyl sites for hydroxylation is 1. The second-order valence-electron chi connectivity index (χ2n) is 8.21. The van der Waals surface area contributed by atoms with Crippen LogP contribution in [0.5, 0.6) is 11.5 Å². The van der Waals surface area contributed by atoms with Gasteiger partial charge in [-0.2, -0.15) is 5.10 Å². The van der Waals surface area contributed by atoms with Crippen LogP contribution in [-0.2, 0) is 0 Å². The summed E-state index contributed by atoms with van der Waals surface area (Å²) in [5.41, 5.74) is 12.9. The smallest absolute Gasteiger partial charge is 0.136 e. The van der Waals surface area contributed by atoms with E-state index in [0.29, 0.717) is 29.4 Å². The molecule has 3 N–H and O–H groups in total. The van der Waals surface area contributed by atoms with Gasteiger partial charge in [0.15, 0.2) is 0 Å². The number of H-pyrrole nitrogens is 1. The predicted octanol–water partition coefficient (Wildman–Crippen LogP) is 4.51. The molecule has 5 rings (SSSR count). The minimum Gasteiger partial charge on any atom is -0.497 e. The number of aromatic amines is 1. The molecule has 5 aromatic rings. The van der Waals surface area contributed by atoms with E-state index in [0.717, 1.165) is 39.4 Å². The van der Waals surface area contributed by atoms with Crippen LogP contribution in [0.4, 0.5) is 17.1 Å². The predicted molar refractivity (Wildman–Crippen MR) is 144 cm³/mol. The summed E-state index contributed by atoms with van der Waals surface area (Å²) in [4.78, 5) is 15.8. The molecule has 3 heterocycles. The first-order valence-corrected chi connectivity index (χ1v) is 11.5. The van der Waals surface area contributed by atoms with Crippen molar-refractivity contribution < 1.29 is 9.47 Å². The monoisotopic (exact) mass is 491 g/mol. The van der Waals surface area contributed by atoms with Crippen molar-refractivity contribution in [1.82, 2.24) is 25.1 Å². The first-order valence-electron chi connectivity index (χ1n) is 11.5. The Morgan fingerprint density at radius 2 is 1.78 bits per heavy atom. The molecule has 0 fully saturated rings. The normalized spacial score (nSPS) is 10.6. The summed E-state index contributed by atoms with van der Waals surface area (Å²) in [5, 5.41) is 7.08. The number of rotatable bonds is 6. The highest BCUT2D eigenvalue weighted by Crippen LogP contribution is 2.34. The number of anilines is 3. The van der Waals surface area contributed by atoms with Crippen LogP contribution in [0.25, 0.3) is 22.3 Å². The van der Waals surface area contributed by atoms with Crippen LogP contribution in [0.2, 0.25) is 0 Å². The molecule has 2 aromatic carbocycles. The van der Waals surface area contributed by atoms with Crippen molar-refractivity contribution in [3.05, 3.63) is 78.5 Å². The first-order chi connectivity index (χ1) is 18.1. The number of hydrogen-bond donors (Lipinski definition) is 2. The van der Waals surface area contributed by atoms with Gasteiger partial charge in [0.05, 0.1) is 55.1 Å². The third-order valence-corrected chi connectivity index (χ3v) is 5.88. The Balaban J connectivity index is 1.59. The molecule has 0 aliphatic heterocycles. The van der Waals surface area contributed by atoms with E-state index < -0.39 is 0 Å². The van der Waals surface area contributed by atoms with E-state index in [4.69, 9.17) is 20.2 Å². The number of ether oxygens (including phenoxy) is 2. The Morgan fingerprint density at radius 1 is 0.973 bits per heavy atom. The van der Waals surface area contributed by atoms with E-state index in [2.05, 4.69) is 32.0 Å². The van der Waals surface area contributed by atoms with Crippen molar-refractivity contribution in [2.24, 2.45) is 0 Å². The van der Waals surface area contributed by atoms with Crippen molar-refractivity contribution in [1.29, 1.82) is 0 Å². The lowest BCUT2D eigenvalue weighted by molar-refractivity contribution is 0.394. The Labute approximate surface area is 214 Å². The van der Waals surface area contributed by atoms with E-state index in [-0.39, 0.29) is 0 Å². The van der Waals surface area contributed by atoms with Gasteiger partial charge < -0.3 is 20.1 Å². The molecule has 184 valence electrons. The Kier molecular flexibility index (Phi) is 6.55. The maximum Gasteiger partial charge on any atom is 0.136 e. The van der Waals surface area contributed by atoms with E-state index in [1.807, 2.05) is 54.4 Å². The molecule has 0 atom stereocenters. The number of benzene rings is 2. The van der Waals surface area contributed by atoms with Crippen LogP contribution >= 0.6 is 0 Å². The molecular formula is C28H25N7O2. The average molecular weight is 492 g/mol. The Bertz CT molecular complexity index is 1610. The lowest BCUT2D eigenvalue weighted by atomic mass is 10.1. The number of methoxy groups -OCH3 is 2. The molecule has 0 saturated carbocycles. The van der Waals surface area contributed by atoms with Crippen LogP contribution in [0.1, 0.15) is 11.4 Å². The van der Waals surface area contributed by atoms with Crippen molar-refractivity contribution in [3.8, 4) is 34.6 Å². The highest BCUT2D eigenvalue weighted by atomic mass is 16.5. The van der Waals surface area contributed by atoms with Crippen molar-refractivity contribution in [2.75, 3.05) is 31.4 Å². The number of fused-ring (bicyclic) bond motifs is 1. The van der Waals surface area contributed by atoms with Gasteiger partial charge in [-0.25, -0.2) is 9.97 Å². The zero-order valence-electron chi connectivity index (χ0n) is 20.7. The summed E-state index contributed by atoms with van der Waals surface area (Å²) in [6, 6.07) is 15.2. The standard InChI is InChI=1S/C28H25N7O2/c1-18-23(16-32-34-18)28-17-31-26-9-8-19(14-27(26)33-28)35(11-5-7-25-24(29)6-4-10-30-25)20-12-21(36-2)15-22(13-20)37-3/h4,6,8-10,12-17H,11,29H2,1-3H3,(H,32,34). The molecule has 3 aromatic heterocycles. The molecule has 0 unspecified atom stereocenters. The van der Waals surface area contributed by atoms with Gasteiger partial charge >= 0.3 is 0 Å². The van der Waals surface area contributed by atoms with Gasteiger partial charge in [0.2, 0.25) is 0 Å². The molecule has 0 radical (unpaired) electrons. The summed E-state index contributed by atoms with van der Waals surface area (Å²) in [5.74, 6) is 7.62. The fourth-order valence-corrected chi connectivity index (χ4v) is 3.92. The number of nitrogens with zero attached hydrogens (tertiary/aromatic N) is 5. The fraction of sp³-hybridized carbons (Fsp3) is 0.143. The van der Waals surface area contributed by atoms with Gasteiger partial charge in [-0.15, -0.1) is 0 Å². The first kappa shape index (κ1) is 23.6. The molecule has 9 heteroatoms. The number of nitrogens with two attached hydrogens (primary N) is 1. The van der Waals surface area contributed by atoms with E-state index in [9.17, 15) is 0 Å². The zero-order valence-corrected chi connectivity index (χ0v) is 20.7. The molecule has 0 saturated heterocycles. The van der Waals surface area contributed by atoms with Crippen LogP contribution < -0.4 is 20.1 Å². The summed E-state index contributed by atoms with van der Waals surface area (Å²) in [6.45, 7) is 2.28. The van der Waals surface area contributed by atoms with Crippen molar-refractivity contribution >= 4 is 28.1 Å². The second-order valence-corrected chi connectivity index (χ2v) is 8.21. The lowest BCUT2D eigenvalue weighted by Gasteiger charge is -2.24. The van der Waals surface area contributed by atoms with Crippen molar-refractivity contribution in [3.63, 3.8) is 0 Å². The molecular weight excluding hydrogens is 466 g/mol. The van der Waals surface area contributed by atoms with Gasteiger partial charge in [-0.3, -0.25) is 10.1 Å². The number of nitrogens with one attached hydrogen (secondary N) is 1. The molecule has 0 spiro atoms. The van der Waals surface area contributed by atoms with E-state index in [1.54, 1.807) is 38.7 Å². The molecule has 0 aliphatic carbocycles. The number of pyridine rings is 1. The second kappa shape index (κ2) is 10.3. The maximum absolute atomic E-state index is 6.03. The summed E-state index contributed by atoms with van der Waals surface area (Å²) in [6.07, 6.45) is 5.25. The third-order valence-electron chi connectivity index (χ3n) is 5.88. The van der Waals surface area contributed by atoms with Gasteiger partial charge in [0.1, 0.15) is 17.2 Å². The Hall–Kier alpha value is -5.10. The minimum atomic E-state index is 0.353. The average Bonchev–Trinajstić information content (AvgIpc) is 3.36. The third kappa shape index (κ3) is 4.99. The topological polar surface area (TPSA) is 115 Å². The highest BCUT2D eigenvalue weighted by Gasteiger charge is 2.14. The largest absolute Gasteiger partial charge is 0.497 e. The van der Waals surface area contributed by atoms with Crippen LogP contribution in [0, 0.1) is 18.8 Å². The zero-order chi connectivity index (χ0) is 25.8. The van der Waals surface area contributed by atoms with E-state index in [1.165, 1.54) is 0 Å². The van der Waals surface area contributed by atoms with Crippen LogP contribution in [-0.4, -0.2) is 45.9 Å². The van der Waals surface area contributed by atoms with E-state index >= 15 is 0 Å². The molecule has 0 aliphatic rings. The SMILES string of the molecule is COc1cc(OC)cc(N(CC#Cc2ncccc2N)c2ccc3ncc(-c4c[nH]nc4C)nc3c2)c1. The molecule has 0 amide bonds. The van der Waals surface area contributed by atoms with Crippen molar-refractivity contribution in [2.45, 2.75) is 6.92 Å². The fourth-order valence-electron chi connectivity index (χ4n) is 3.92. The number of nitrogen functional groups attached to an aromatic ring is 1. The van der Waals surface area contributed by atoms with Gasteiger partial charge in [-0.1, -0.05) is 5.92 Å².